The SMILES string of the molecule is CC(C)n1ncnc1CNCCOCC1CC1. The molecule has 1 aliphatic carbocycles. The number of hydrogen-bond acceptors (Lipinski definition) is 4. The molecule has 0 radical (unpaired) electrons. The Morgan fingerprint density at radius 2 is 2.35 bits per heavy atom. The van der Waals surface area contributed by atoms with Crippen molar-refractivity contribution >= 4 is 0 Å². The van der Waals surface area contributed by atoms with E-state index in [0.29, 0.717) is 6.04 Å². The van der Waals surface area contributed by atoms with Gasteiger partial charge in [0.25, 0.3) is 0 Å². The molecule has 1 aromatic rings. The molecule has 0 amide bonds. The second-order valence-corrected chi connectivity index (χ2v) is 4.91. The molecule has 1 aliphatic rings. The van der Waals surface area contributed by atoms with Gasteiger partial charge in [0.1, 0.15) is 12.2 Å². The van der Waals surface area contributed by atoms with E-state index < -0.39 is 0 Å². The summed E-state index contributed by atoms with van der Waals surface area (Å²) in [5, 5.41) is 7.53. The van der Waals surface area contributed by atoms with E-state index in [1.165, 1.54) is 12.8 Å². The normalized spacial score (nSPS) is 15.7. The summed E-state index contributed by atoms with van der Waals surface area (Å²) < 4.78 is 7.49. The van der Waals surface area contributed by atoms with Crippen molar-refractivity contribution in [3.8, 4) is 0 Å². The summed E-state index contributed by atoms with van der Waals surface area (Å²) in [7, 11) is 0. The highest BCUT2D eigenvalue weighted by Gasteiger charge is 2.20. The van der Waals surface area contributed by atoms with Gasteiger partial charge in [-0.2, -0.15) is 5.10 Å². The Hall–Kier alpha value is -0.940. The lowest BCUT2D eigenvalue weighted by atomic mass is 10.4. The Balaban J connectivity index is 1.58. The van der Waals surface area contributed by atoms with Crippen LogP contribution < -0.4 is 5.32 Å². The highest BCUT2D eigenvalue weighted by Crippen LogP contribution is 2.28. The summed E-state index contributed by atoms with van der Waals surface area (Å²) in [6.45, 7) is 7.56. The number of ether oxygens (including phenoxy) is 1. The second kappa shape index (κ2) is 6.12. The van der Waals surface area contributed by atoms with Crippen molar-refractivity contribution in [1.29, 1.82) is 0 Å². The van der Waals surface area contributed by atoms with Gasteiger partial charge in [0.15, 0.2) is 0 Å². The minimum absolute atomic E-state index is 0.361. The van der Waals surface area contributed by atoms with Crippen molar-refractivity contribution in [2.45, 2.75) is 39.3 Å². The Kier molecular flexibility index (Phi) is 4.50. The van der Waals surface area contributed by atoms with Crippen LogP contribution >= 0.6 is 0 Å². The number of aromatic nitrogens is 3. The molecule has 17 heavy (non-hydrogen) atoms. The summed E-state index contributed by atoms with van der Waals surface area (Å²) in [6.07, 6.45) is 4.32. The Morgan fingerprint density at radius 1 is 1.53 bits per heavy atom. The molecule has 0 aliphatic heterocycles. The monoisotopic (exact) mass is 238 g/mol. The van der Waals surface area contributed by atoms with Crippen molar-refractivity contribution in [3.05, 3.63) is 12.2 Å². The van der Waals surface area contributed by atoms with Gasteiger partial charge in [-0.05, 0) is 32.6 Å². The van der Waals surface area contributed by atoms with E-state index in [-0.39, 0.29) is 0 Å². The smallest absolute Gasteiger partial charge is 0.141 e. The molecule has 2 rings (SSSR count). The molecular weight excluding hydrogens is 216 g/mol. The molecule has 0 bridgehead atoms. The van der Waals surface area contributed by atoms with Gasteiger partial charge >= 0.3 is 0 Å². The van der Waals surface area contributed by atoms with Crippen LogP contribution in [-0.4, -0.2) is 34.5 Å². The van der Waals surface area contributed by atoms with Gasteiger partial charge in [0, 0.05) is 19.2 Å². The maximum Gasteiger partial charge on any atom is 0.141 e. The number of nitrogens with one attached hydrogen (secondary N) is 1. The molecular formula is C12H22N4O. The fraction of sp³-hybridized carbons (Fsp3) is 0.833. The molecule has 0 spiro atoms. The Labute approximate surface area is 103 Å². The summed E-state index contributed by atoms with van der Waals surface area (Å²) in [5.74, 6) is 1.83. The lowest BCUT2D eigenvalue weighted by Crippen LogP contribution is -2.22. The van der Waals surface area contributed by atoms with Crippen molar-refractivity contribution in [3.63, 3.8) is 0 Å². The maximum atomic E-state index is 5.55. The van der Waals surface area contributed by atoms with Crippen LogP contribution in [0.5, 0.6) is 0 Å². The highest BCUT2D eigenvalue weighted by molar-refractivity contribution is 4.85. The Bertz CT molecular complexity index is 333. The van der Waals surface area contributed by atoms with Crippen LogP contribution in [0.25, 0.3) is 0 Å². The molecule has 0 unspecified atom stereocenters. The predicted octanol–water partition coefficient (Wildman–Crippen LogP) is 1.38. The van der Waals surface area contributed by atoms with E-state index >= 15 is 0 Å². The van der Waals surface area contributed by atoms with Gasteiger partial charge in [-0.15, -0.1) is 0 Å². The molecule has 5 heteroatoms. The number of nitrogens with zero attached hydrogens (tertiary/aromatic N) is 3. The largest absolute Gasteiger partial charge is 0.380 e. The molecule has 96 valence electrons. The Morgan fingerprint density at radius 3 is 3.06 bits per heavy atom. The third-order valence-electron chi connectivity index (χ3n) is 2.89. The van der Waals surface area contributed by atoms with E-state index in [2.05, 4.69) is 29.2 Å². The topological polar surface area (TPSA) is 52.0 Å². The van der Waals surface area contributed by atoms with Crippen LogP contribution in [0, 0.1) is 5.92 Å². The van der Waals surface area contributed by atoms with Gasteiger partial charge in [-0.25, -0.2) is 9.67 Å². The lowest BCUT2D eigenvalue weighted by Gasteiger charge is -2.10. The first-order valence-electron chi connectivity index (χ1n) is 6.44. The van der Waals surface area contributed by atoms with Crippen molar-refractivity contribution in [1.82, 2.24) is 20.1 Å². The number of hydrogen-bond donors (Lipinski definition) is 1. The standard InChI is InChI=1S/C12H22N4O/c1-10(2)16-12(14-9-15-16)7-13-5-6-17-8-11-3-4-11/h9-11,13H,3-8H2,1-2H3. The molecule has 0 atom stereocenters. The van der Waals surface area contributed by atoms with Gasteiger partial charge in [0.05, 0.1) is 13.2 Å². The van der Waals surface area contributed by atoms with E-state index in [9.17, 15) is 0 Å². The lowest BCUT2D eigenvalue weighted by molar-refractivity contribution is 0.126. The van der Waals surface area contributed by atoms with Gasteiger partial charge < -0.3 is 10.1 Å². The van der Waals surface area contributed by atoms with Gasteiger partial charge in [-0.1, -0.05) is 0 Å². The molecule has 1 saturated carbocycles. The van der Waals surface area contributed by atoms with Crippen molar-refractivity contribution < 1.29 is 4.74 Å². The first-order chi connectivity index (χ1) is 8.27. The fourth-order valence-electron chi connectivity index (χ4n) is 1.71. The zero-order valence-corrected chi connectivity index (χ0v) is 10.7. The third-order valence-corrected chi connectivity index (χ3v) is 2.89. The zero-order valence-electron chi connectivity index (χ0n) is 10.7. The van der Waals surface area contributed by atoms with Crippen LogP contribution in [-0.2, 0) is 11.3 Å². The number of rotatable bonds is 8. The minimum atomic E-state index is 0.361. The summed E-state index contributed by atoms with van der Waals surface area (Å²) in [5.41, 5.74) is 0. The van der Waals surface area contributed by atoms with E-state index in [1.54, 1.807) is 6.33 Å². The first-order valence-corrected chi connectivity index (χ1v) is 6.44. The molecule has 1 N–H and O–H groups in total. The summed E-state index contributed by atoms with van der Waals surface area (Å²) in [6, 6.07) is 0.361. The quantitative estimate of drug-likeness (QED) is 0.695. The summed E-state index contributed by atoms with van der Waals surface area (Å²) in [4.78, 5) is 4.24. The average molecular weight is 238 g/mol. The maximum absolute atomic E-state index is 5.55. The van der Waals surface area contributed by atoms with Crippen LogP contribution in [0.3, 0.4) is 0 Å². The molecule has 1 aromatic heterocycles. The van der Waals surface area contributed by atoms with Crippen LogP contribution in [0.1, 0.15) is 38.6 Å². The first kappa shape index (κ1) is 12.5. The van der Waals surface area contributed by atoms with Crippen molar-refractivity contribution in [2.75, 3.05) is 19.8 Å². The molecule has 1 heterocycles. The van der Waals surface area contributed by atoms with E-state index in [1.807, 2.05) is 4.68 Å². The summed E-state index contributed by atoms with van der Waals surface area (Å²) >= 11 is 0. The van der Waals surface area contributed by atoms with Crippen LogP contribution in [0.15, 0.2) is 6.33 Å². The van der Waals surface area contributed by atoms with E-state index in [0.717, 1.165) is 38.0 Å². The van der Waals surface area contributed by atoms with Crippen LogP contribution in [0.2, 0.25) is 0 Å². The highest BCUT2D eigenvalue weighted by atomic mass is 16.5. The van der Waals surface area contributed by atoms with Crippen LogP contribution in [0.4, 0.5) is 0 Å². The predicted molar refractivity (Wildman–Crippen MR) is 65.7 cm³/mol. The minimum Gasteiger partial charge on any atom is -0.380 e. The van der Waals surface area contributed by atoms with Crippen molar-refractivity contribution in [2.24, 2.45) is 5.92 Å². The van der Waals surface area contributed by atoms with Gasteiger partial charge in [-0.3, -0.25) is 0 Å². The average Bonchev–Trinajstić information content (AvgIpc) is 2.99. The fourth-order valence-corrected chi connectivity index (χ4v) is 1.71. The molecule has 0 aromatic carbocycles. The van der Waals surface area contributed by atoms with E-state index in [4.69, 9.17) is 4.74 Å². The molecule has 1 fully saturated rings. The van der Waals surface area contributed by atoms with Gasteiger partial charge in [0.2, 0.25) is 0 Å². The third kappa shape index (κ3) is 4.09. The molecule has 5 nitrogen and oxygen atoms in total. The zero-order chi connectivity index (χ0) is 12.1. The second-order valence-electron chi connectivity index (χ2n) is 4.91. The molecule has 0 saturated heterocycles.